The second-order valence-electron chi connectivity index (χ2n) is 8.57. The predicted molar refractivity (Wildman–Crippen MR) is 139 cm³/mol. The minimum absolute atomic E-state index is 0.0388. The zero-order chi connectivity index (χ0) is 25.8. The van der Waals surface area contributed by atoms with Crippen LogP contribution in [0.15, 0.2) is 72.4 Å². The van der Waals surface area contributed by atoms with Crippen molar-refractivity contribution in [3.05, 3.63) is 89.4 Å². The molecule has 1 saturated heterocycles. The number of Topliss-reactive ketones (excluding diaryl/α,β-unsaturated/α-hetero) is 1. The van der Waals surface area contributed by atoms with Gasteiger partial charge in [0.1, 0.15) is 22.8 Å². The lowest BCUT2D eigenvalue weighted by molar-refractivity contribution is -0.132. The van der Waals surface area contributed by atoms with Gasteiger partial charge in [-0.25, -0.2) is 9.97 Å². The molecule has 1 amide bonds. The van der Waals surface area contributed by atoms with Gasteiger partial charge >= 0.3 is 5.91 Å². The summed E-state index contributed by atoms with van der Waals surface area (Å²) < 4.78 is 7.74. The number of anilines is 1. The average molecular weight is 513 g/mol. The molecule has 1 aliphatic rings. The molecule has 4 heterocycles. The first-order valence-corrected chi connectivity index (χ1v) is 12.2. The molecule has 1 fully saturated rings. The molecule has 0 aliphatic carbocycles. The number of nitrogens with zero attached hydrogens (tertiary/aromatic N) is 4. The fraction of sp³-hybridized carbons (Fsp3) is 0.111. The van der Waals surface area contributed by atoms with E-state index in [2.05, 4.69) is 9.97 Å². The van der Waals surface area contributed by atoms with Crippen molar-refractivity contribution in [3.63, 3.8) is 0 Å². The van der Waals surface area contributed by atoms with Crippen molar-refractivity contribution in [3.8, 4) is 11.5 Å². The van der Waals surface area contributed by atoms with Gasteiger partial charge in [0.15, 0.2) is 10.9 Å². The molecule has 37 heavy (non-hydrogen) atoms. The smallest absolute Gasteiger partial charge is 0.301 e. The van der Waals surface area contributed by atoms with E-state index in [0.717, 1.165) is 4.70 Å². The number of ketones is 1. The summed E-state index contributed by atoms with van der Waals surface area (Å²) in [5.41, 5.74) is 2.37. The van der Waals surface area contributed by atoms with Crippen LogP contribution in [0.5, 0.6) is 11.5 Å². The SMILES string of the molecule is COc1ccc2nc(N3C(=O)C(=O)C(=C(O)c4c(C)nc5ccccn45)C3c3cccc(O)c3)sc2c1. The summed E-state index contributed by atoms with van der Waals surface area (Å²) in [4.78, 5) is 37.4. The molecule has 9 nitrogen and oxygen atoms in total. The summed E-state index contributed by atoms with van der Waals surface area (Å²) >= 11 is 1.23. The number of fused-ring (bicyclic) bond motifs is 2. The zero-order valence-corrected chi connectivity index (χ0v) is 20.6. The number of carbonyl (C=O) groups is 2. The average Bonchev–Trinajstić information content (AvgIpc) is 3.54. The number of imidazole rings is 1. The van der Waals surface area contributed by atoms with Gasteiger partial charge in [-0.05, 0) is 55.0 Å². The Morgan fingerprint density at radius 1 is 1.05 bits per heavy atom. The number of phenols is 1. The maximum Gasteiger partial charge on any atom is 0.301 e. The Balaban J connectivity index is 1.60. The van der Waals surface area contributed by atoms with Crippen LogP contribution in [-0.2, 0) is 9.59 Å². The van der Waals surface area contributed by atoms with Gasteiger partial charge in [-0.1, -0.05) is 29.5 Å². The second kappa shape index (κ2) is 8.45. The molecule has 1 unspecified atom stereocenters. The fourth-order valence-corrected chi connectivity index (χ4v) is 5.71. The largest absolute Gasteiger partial charge is 0.508 e. The van der Waals surface area contributed by atoms with E-state index < -0.39 is 17.7 Å². The van der Waals surface area contributed by atoms with Crippen molar-refractivity contribution in [1.29, 1.82) is 0 Å². The number of ether oxygens (including phenoxy) is 1. The number of aryl methyl sites for hydroxylation is 1. The van der Waals surface area contributed by atoms with Crippen molar-refractivity contribution in [1.82, 2.24) is 14.4 Å². The highest BCUT2D eigenvalue weighted by atomic mass is 32.1. The van der Waals surface area contributed by atoms with E-state index in [9.17, 15) is 19.8 Å². The molecule has 5 aromatic rings. The number of amides is 1. The number of methoxy groups -OCH3 is 1. The Kier molecular flexibility index (Phi) is 5.20. The molecule has 10 heteroatoms. The minimum Gasteiger partial charge on any atom is -0.508 e. The Bertz CT molecular complexity index is 1770. The summed E-state index contributed by atoms with van der Waals surface area (Å²) in [6.07, 6.45) is 1.73. The molecule has 2 aromatic carbocycles. The Hall–Kier alpha value is -4.70. The summed E-state index contributed by atoms with van der Waals surface area (Å²) in [5.74, 6) is -1.44. The van der Waals surface area contributed by atoms with Crippen LogP contribution in [0.4, 0.5) is 5.13 Å². The van der Waals surface area contributed by atoms with Crippen molar-refractivity contribution in [2.45, 2.75) is 13.0 Å². The van der Waals surface area contributed by atoms with Crippen LogP contribution in [0.3, 0.4) is 0 Å². The molecule has 3 aromatic heterocycles. The van der Waals surface area contributed by atoms with Crippen LogP contribution in [0, 0.1) is 6.92 Å². The topological polar surface area (TPSA) is 117 Å². The molecular formula is C27H20N4O5S. The van der Waals surface area contributed by atoms with Crippen molar-refractivity contribution in [2.24, 2.45) is 0 Å². The highest BCUT2D eigenvalue weighted by molar-refractivity contribution is 7.22. The van der Waals surface area contributed by atoms with E-state index in [1.807, 2.05) is 6.07 Å². The first-order chi connectivity index (χ1) is 17.9. The van der Waals surface area contributed by atoms with Crippen molar-refractivity contribution in [2.75, 3.05) is 12.0 Å². The van der Waals surface area contributed by atoms with Gasteiger partial charge in [0, 0.05) is 6.20 Å². The minimum atomic E-state index is -1.02. The first kappa shape index (κ1) is 22.7. The Morgan fingerprint density at radius 2 is 1.89 bits per heavy atom. The number of thiazole rings is 1. The molecule has 1 aliphatic heterocycles. The maximum atomic E-state index is 13.5. The summed E-state index contributed by atoms with van der Waals surface area (Å²) in [6, 6.07) is 16.0. The molecule has 0 saturated carbocycles. The highest BCUT2D eigenvalue weighted by Gasteiger charge is 2.48. The number of hydrogen-bond acceptors (Lipinski definition) is 8. The lowest BCUT2D eigenvalue weighted by Gasteiger charge is -2.23. The van der Waals surface area contributed by atoms with Crippen LogP contribution in [0.25, 0.3) is 21.6 Å². The van der Waals surface area contributed by atoms with Gasteiger partial charge in [0.05, 0.1) is 34.6 Å². The number of carbonyl (C=O) groups excluding carboxylic acids is 2. The number of pyridine rings is 1. The van der Waals surface area contributed by atoms with E-state index in [0.29, 0.717) is 33.9 Å². The van der Waals surface area contributed by atoms with Gasteiger partial charge in [0.2, 0.25) is 0 Å². The second-order valence-corrected chi connectivity index (χ2v) is 9.58. The molecule has 1 atom stereocenters. The first-order valence-electron chi connectivity index (χ1n) is 11.4. The number of aromatic hydroxyl groups is 1. The van der Waals surface area contributed by atoms with Gasteiger partial charge in [-0.2, -0.15) is 0 Å². The molecule has 0 radical (unpaired) electrons. The van der Waals surface area contributed by atoms with E-state index >= 15 is 0 Å². The van der Waals surface area contributed by atoms with Crippen molar-refractivity contribution < 1.29 is 24.5 Å². The van der Waals surface area contributed by atoms with Crippen LogP contribution in [0.1, 0.15) is 23.0 Å². The summed E-state index contributed by atoms with van der Waals surface area (Å²) in [6.45, 7) is 1.72. The molecule has 6 rings (SSSR count). The van der Waals surface area contributed by atoms with Crippen LogP contribution in [-0.4, -0.2) is 43.4 Å². The van der Waals surface area contributed by atoms with Crippen LogP contribution >= 0.6 is 11.3 Å². The normalized spacial score (nSPS) is 17.2. The van der Waals surface area contributed by atoms with E-state index in [4.69, 9.17) is 4.74 Å². The Labute approximate surface area is 214 Å². The van der Waals surface area contributed by atoms with E-state index in [-0.39, 0.29) is 22.2 Å². The quantitative estimate of drug-likeness (QED) is 0.205. The molecule has 184 valence electrons. The third-order valence-electron chi connectivity index (χ3n) is 6.35. The lowest BCUT2D eigenvalue weighted by Crippen LogP contribution is -2.29. The van der Waals surface area contributed by atoms with Gasteiger partial charge in [-0.15, -0.1) is 0 Å². The van der Waals surface area contributed by atoms with Gasteiger partial charge < -0.3 is 14.9 Å². The lowest BCUT2D eigenvalue weighted by atomic mass is 9.96. The number of aliphatic hydroxyl groups excluding tert-OH is 1. The van der Waals surface area contributed by atoms with Crippen LogP contribution < -0.4 is 9.64 Å². The number of aromatic nitrogens is 3. The molecule has 2 N–H and O–H groups in total. The summed E-state index contributed by atoms with van der Waals surface area (Å²) in [7, 11) is 1.56. The molecule has 0 bridgehead atoms. The maximum absolute atomic E-state index is 13.5. The fourth-order valence-electron chi connectivity index (χ4n) is 4.69. The van der Waals surface area contributed by atoms with Crippen LogP contribution in [0.2, 0.25) is 0 Å². The Morgan fingerprint density at radius 3 is 2.68 bits per heavy atom. The molecule has 0 spiro atoms. The molecular weight excluding hydrogens is 492 g/mol. The number of rotatable bonds is 4. The standard InChI is InChI=1S/C27H20N4O5S/c1-14-22(30-11-4-3-8-20(30)28-14)24(33)21-23(15-6-5-7-16(32)12-15)31(26(35)25(21)34)27-29-18-10-9-17(36-2)13-19(18)37-27/h3-13,23,32-33H,1-2H3. The third kappa shape index (κ3) is 3.53. The summed E-state index contributed by atoms with van der Waals surface area (Å²) in [5, 5.41) is 22.1. The zero-order valence-electron chi connectivity index (χ0n) is 19.7. The van der Waals surface area contributed by atoms with Crippen molar-refractivity contribution >= 4 is 49.8 Å². The predicted octanol–water partition coefficient (Wildman–Crippen LogP) is 4.59. The van der Waals surface area contributed by atoms with E-state index in [1.54, 1.807) is 67.1 Å². The number of hydrogen-bond donors (Lipinski definition) is 2. The third-order valence-corrected chi connectivity index (χ3v) is 7.37. The number of phenolic OH excluding ortho intramolecular Hbond substituents is 1. The number of aliphatic hydroxyl groups is 1. The highest BCUT2D eigenvalue weighted by Crippen LogP contribution is 2.45. The van der Waals surface area contributed by atoms with E-state index in [1.165, 1.54) is 28.4 Å². The number of benzene rings is 2. The monoisotopic (exact) mass is 512 g/mol. The van der Waals surface area contributed by atoms with Gasteiger partial charge in [0.25, 0.3) is 5.78 Å². The van der Waals surface area contributed by atoms with Gasteiger partial charge in [-0.3, -0.25) is 18.9 Å².